The van der Waals surface area contributed by atoms with E-state index in [0.29, 0.717) is 51.4 Å². The van der Waals surface area contributed by atoms with Crippen LogP contribution in [0.1, 0.15) is 70.6 Å². The third-order valence-electron chi connectivity index (χ3n) is 12.5. The highest BCUT2D eigenvalue weighted by Crippen LogP contribution is 2.54. The molecule has 5 saturated heterocycles. The van der Waals surface area contributed by atoms with Gasteiger partial charge in [-0.25, -0.2) is 15.2 Å². The summed E-state index contributed by atoms with van der Waals surface area (Å²) >= 11 is 0. The van der Waals surface area contributed by atoms with E-state index in [1.54, 1.807) is 0 Å². The van der Waals surface area contributed by atoms with Crippen LogP contribution in [0.4, 0.5) is 17.6 Å². The van der Waals surface area contributed by atoms with Gasteiger partial charge in [-0.05, 0) is 82.6 Å². The van der Waals surface area contributed by atoms with E-state index in [0.717, 1.165) is 44.9 Å². The molecular weight excluding hydrogens is 538 g/mol. The van der Waals surface area contributed by atoms with Crippen LogP contribution in [0, 0.1) is 35.0 Å². The zero-order valence-electron chi connectivity index (χ0n) is 24.3. The molecule has 0 radical (unpaired) electrons. The monoisotopic (exact) mass is 585 g/mol. The molecule has 7 fully saturated rings. The maximum absolute atomic E-state index is 16.1. The molecule has 10 atom stereocenters. The highest BCUT2D eigenvalue weighted by molar-refractivity contribution is 5.82. The first-order valence-corrected chi connectivity index (χ1v) is 16.2. The molecule has 41 heavy (non-hydrogen) atoms. The number of rotatable bonds is 6. The summed E-state index contributed by atoms with van der Waals surface area (Å²) in [5, 5.41) is 0. The van der Waals surface area contributed by atoms with Crippen LogP contribution in [0.15, 0.2) is 0 Å². The van der Waals surface area contributed by atoms with E-state index in [1.165, 1.54) is 6.42 Å². The van der Waals surface area contributed by atoms with Gasteiger partial charge in [-0.15, -0.1) is 0 Å². The van der Waals surface area contributed by atoms with Crippen LogP contribution in [-0.2, 0) is 9.53 Å². The second kappa shape index (κ2) is 10.9. The summed E-state index contributed by atoms with van der Waals surface area (Å²) in [6.07, 6.45) is 3.87. The first kappa shape index (κ1) is 28.7. The molecule has 11 heteroatoms. The van der Waals surface area contributed by atoms with Gasteiger partial charge in [-0.1, -0.05) is 12.8 Å². The van der Waals surface area contributed by atoms with Crippen molar-refractivity contribution in [3.8, 4) is 0 Å². The van der Waals surface area contributed by atoms with Crippen LogP contribution >= 0.6 is 0 Å². The van der Waals surface area contributed by atoms with Gasteiger partial charge in [-0.2, -0.15) is 13.2 Å². The molecule has 9 unspecified atom stereocenters. The summed E-state index contributed by atoms with van der Waals surface area (Å²) < 4.78 is 65.3. The number of likely N-dealkylation sites (tertiary alicyclic amines) is 1. The molecule has 232 valence electrons. The van der Waals surface area contributed by atoms with Crippen molar-refractivity contribution in [2.45, 2.75) is 107 Å². The number of carbonyl (C=O) groups is 1. The minimum atomic E-state index is -4.29. The van der Waals surface area contributed by atoms with Gasteiger partial charge in [0, 0.05) is 37.1 Å². The first-order valence-electron chi connectivity index (χ1n) is 16.2. The summed E-state index contributed by atoms with van der Waals surface area (Å²) in [4.78, 5) is 20.2. The Morgan fingerprint density at radius 2 is 1.71 bits per heavy atom. The molecule has 7 aliphatic rings. The number of ether oxygens (including phenoxy) is 1. The van der Waals surface area contributed by atoms with Crippen molar-refractivity contribution >= 4 is 5.91 Å². The first-order chi connectivity index (χ1) is 19.7. The van der Waals surface area contributed by atoms with Crippen LogP contribution < -0.4 is 10.9 Å². The number of hydrogen-bond donors (Lipinski definition) is 2. The molecule has 5 heterocycles. The number of nitrogens with one attached hydrogen (secondary N) is 2. The number of fused-ring (bicyclic) bond motifs is 3. The second-order valence-electron chi connectivity index (χ2n) is 14.6. The van der Waals surface area contributed by atoms with Crippen molar-refractivity contribution in [2.75, 3.05) is 40.0 Å². The van der Waals surface area contributed by atoms with Crippen LogP contribution in [0.2, 0.25) is 0 Å². The third kappa shape index (κ3) is 4.93. The number of piperidine rings is 1. The fourth-order valence-corrected chi connectivity index (χ4v) is 10.2. The van der Waals surface area contributed by atoms with Crippen molar-refractivity contribution in [3.63, 3.8) is 0 Å². The predicted octanol–water partition coefficient (Wildman–Crippen LogP) is 3.90. The smallest absolute Gasteiger partial charge is 0.380 e. The molecule has 1 amide bonds. The van der Waals surface area contributed by atoms with Crippen molar-refractivity contribution < 1.29 is 27.1 Å². The van der Waals surface area contributed by atoms with Gasteiger partial charge in [0.15, 0.2) is 0 Å². The van der Waals surface area contributed by atoms with Crippen molar-refractivity contribution in [3.05, 3.63) is 0 Å². The van der Waals surface area contributed by atoms with E-state index in [-0.39, 0.29) is 36.8 Å². The predicted molar refractivity (Wildman–Crippen MR) is 145 cm³/mol. The Bertz CT molecular complexity index is 965. The second-order valence-corrected chi connectivity index (χ2v) is 14.6. The number of carbonyl (C=O) groups excluding carboxylic acids is 1. The molecule has 2 N–H and O–H groups in total. The Labute approximate surface area is 241 Å². The van der Waals surface area contributed by atoms with Gasteiger partial charge >= 0.3 is 6.18 Å². The van der Waals surface area contributed by atoms with Gasteiger partial charge in [0.2, 0.25) is 5.91 Å². The molecule has 5 aliphatic heterocycles. The zero-order valence-corrected chi connectivity index (χ0v) is 24.3. The number of hydrazine groups is 1. The Morgan fingerprint density at radius 3 is 2.34 bits per heavy atom. The SMILES string of the molecule is CN1CNNC1[C@@H](F)C1(C2CCCC(N3CC4C(CC(CN5C6CCCC5CC6)CC4C(F)(F)F)C3=O)C2)COC1. The van der Waals surface area contributed by atoms with Crippen LogP contribution in [0.5, 0.6) is 0 Å². The summed E-state index contributed by atoms with van der Waals surface area (Å²) in [5.41, 5.74) is 5.45. The van der Waals surface area contributed by atoms with Gasteiger partial charge < -0.3 is 9.64 Å². The zero-order chi connectivity index (χ0) is 28.5. The average Bonchev–Trinajstić information content (AvgIpc) is 3.54. The Hall–Kier alpha value is -1.01. The lowest BCUT2D eigenvalue weighted by atomic mass is 9.63. The average molecular weight is 586 g/mol. The highest BCUT2D eigenvalue weighted by Gasteiger charge is 2.60. The Morgan fingerprint density at radius 1 is 1.00 bits per heavy atom. The highest BCUT2D eigenvalue weighted by atomic mass is 19.4. The molecular formula is C30H47F4N5O2. The van der Waals surface area contributed by atoms with Crippen molar-refractivity contribution in [1.82, 2.24) is 25.6 Å². The van der Waals surface area contributed by atoms with Crippen LogP contribution in [-0.4, -0.2) is 97.3 Å². The number of halogens is 4. The number of amides is 1. The van der Waals surface area contributed by atoms with Gasteiger partial charge in [-0.3, -0.25) is 14.6 Å². The normalized spacial score (nSPS) is 44.2. The van der Waals surface area contributed by atoms with Gasteiger partial charge in [0.1, 0.15) is 12.3 Å². The quantitative estimate of drug-likeness (QED) is 0.462. The topological polar surface area (TPSA) is 60.1 Å². The molecule has 0 aromatic heterocycles. The number of hydrogen-bond acceptors (Lipinski definition) is 6. The molecule has 7 nitrogen and oxygen atoms in total. The third-order valence-corrected chi connectivity index (χ3v) is 12.5. The molecule has 0 spiro atoms. The lowest BCUT2D eigenvalue weighted by Crippen LogP contribution is -2.63. The standard InChI is InChI=1S/C30H47F4N5O2/c1-37-17-35-36-27(37)26(31)29(15-41-16-29)19-4-2-7-22(12-19)39-14-24-23(28(39)40)10-18(11-25(24)30(32,33)34)13-38-20-5-3-6-21(38)9-8-20/h18-27,35-36H,2-17H2,1H3/t18?,19?,20?,21?,22?,23?,24?,25?,26-,27?/m1/s1. The lowest BCUT2D eigenvalue weighted by Gasteiger charge is -2.53. The van der Waals surface area contributed by atoms with Crippen molar-refractivity contribution in [2.24, 2.45) is 35.0 Å². The fourth-order valence-electron chi connectivity index (χ4n) is 10.2. The summed E-state index contributed by atoms with van der Waals surface area (Å²) in [6, 6.07) is 0.917. The van der Waals surface area contributed by atoms with E-state index in [9.17, 15) is 18.0 Å². The molecule has 7 rings (SSSR count). The summed E-state index contributed by atoms with van der Waals surface area (Å²) in [7, 11) is 1.88. The van der Waals surface area contributed by atoms with Crippen LogP contribution in [0.3, 0.4) is 0 Å². The van der Waals surface area contributed by atoms with E-state index in [4.69, 9.17) is 4.74 Å². The van der Waals surface area contributed by atoms with E-state index >= 15 is 4.39 Å². The molecule has 2 saturated carbocycles. The molecule has 0 aromatic carbocycles. The number of alkyl halides is 4. The van der Waals surface area contributed by atoms with E-state index < -0.39 is 41.7 Å². The number of nitrogens with zero attached hydrogens (tertiary/aromatic N) is 3. The van der Waals surface area contributed by atoms with Gasteiger partial charge in [0.25, 0.3) is 0 Å². The lowest BCUT2D eigenvalue weighted by molar-refractivity contribution is -0.206. The fraction of sp³-hybridized carbons (Fsp3) is 0.967. The summed E-state index contributed by atoms with van der Waals surface area (Å²) in [6.45, 7) is 2.18. The molecule has 2 aliphatic carbocycles. The van der Waals surface area contributed by atoms with Gasteiger partial charge in [0.05, 0.1) is 31.2 Å². The maximum Gasteiger partial charge on any atom is 0.392 e. The minimum Gasteiger partial charge on any atom is -0.380 e. The van der Waals surface area contributed by atoms with Crippen molar-refractivity contribution in [1.29, 1.82) is 0 Å². The largest absolute Gasteiger partial charge is 0.392 e. The van der Waals surface area contributed by atoms with Crippen LogP contribution in [0.25, 0.3) is 0 Å². The van der Waals surface area contributed by atoms with E-state index in [1.807, 2.05) is 16.8 Å². The Kier molecular flexibility index (Phi) is 7.61. The maximum atomic E-state index is 16.1. The molecule has 2 bridgehead atoms. The minimum absolute atomic E-state index is 0.0389. The summed E-state index contributed by atoms with van der Waals surface area (Å²) in [5.74, 6) is -2.73. The Balaban J connectivity index is 1.06. The molecule has 0 aromatic rings. The van der Waals surface area contributed by atoms with E-state index in [2.05, 4.69) is 15.8 Å².